The zero-order valence-electron chi connectivity index (χ0n) is 40.6. The second kappa shape index (κ2) is 18.0. The Balaban J connectivity index is 0.000000182. The first kappa shape index (κ1) is 49.9. The number of ketones is 2. The molecule has 2 heterocycles. The first-order chi connectivity index (χ1) is 31.5. The number of carbonyl (C=O) groups is 4. The summed E-state index contributed by atoms with van der Waals surface area (Å²) in [5.41, 5.74) is 8.71. The average molecular weight is 967 g/mol. The number of rotatable bonds is 10. The monoisotopic (exact) mass is 967 g/mol. The molecule has 8 N–H and O–H groups in total. The molecular formula is C49H74N8O8S2. The van der Waals surface area contributed by atoms with Gasteiger partial charge in [-0.25, -0.2) is 10.2 Å². The van der Waals surface area contributed by atoms with Crippen LogP contribution in [0.25, 0.3) is 0 Å². The molecule has 0 aliphatic heterocycles. The van der Waals surface area contributed by atoms with Crippen molar-refractivity contribution in [2.75, 3.05) is 23.0 Å². The number of anilines is 2. The SMILES string of the molecule is C=C[C@@]1(C)C[C@@H](OC(=O)CSc2n[nH]c(N)n2)[C@@]2(C)C3C(=O)CCC3(CC[C@H]2C)[C@@H](C)[C@@H]1O.C[C@@H]1CCC23CCC(=O)C2[C@]1(C)[C@H](OC(=O)CSc1n[nH]c(N)n1)C[C@@](C)(C1CC1)[C@@H](O)[C@@H]3C. The zero-order valence-corrected chi connectivity index (χ0v) is 42.3. The van der Waals surface area contributed by atoms with Crippen molar-refractivity contribution >= 4 is 58.9 Å². The Bertz CT molecular complexity index is 2240. The van der Waals surface area contributed by atoms with Crippen LogP contribution in [-0.2, 0) is 28.7 Å². The van der Waals surface area contributed by atoms with E-state index in [0.29, 0.717) is 41.9 Å². The van der Waals surface area contributed by atoms with E-state index in [4.69, 9.17) is 20.9 Å². The molecule has 0 radical (unpaired) electrons. The molecule has 2 aromatic rings. The molecule has 370 valence electrons. The number of nitrogens with two attached hydrogens (primary N) is 2. The molecule has 7 aliphatic carbocycles. The van der Waals surface area contributed by atoms with E-state index in [1.54, 1.807) is 6.08 Å². The molecule has 7 fully saturated rings. The summed E-state index contributed by atoms with van der Waals surface area (Å²) < 4.78 is 12.5. The van der Waals surface area contributed by atoms with E-state index in [0.717, 1.165) is 63.1 Å². The maximum absolute atomic E-state index is 13.5. The Labute approximate surface area is 403 Å². The molecule has 7 saturated carbocycles. The fraction of sp³-hybridized carbons (Fsp3) is 0.796. The summed E-state index contributed by atoms with van der Waals surface area (Å²) in [6.45, 7) is 21.2. The van der Waals surface area contributed by atoms with Crippen molar-refractivity contribution in [1.82, 2.24) is 30.4 Å². The maximum atomic E-state index is 13.5. The number of H-pyrrole nitrogens is 2. The number of ether oxygens (including phenoxy) is 2. The zero-order chi connectivity index (χ0) is 48.6. The topological polar surface area (TPSA) is 262 Å². The molecule has 0 aromatic carbocycles. The predicted octanol–water partition coefficient (Wildman–Crippen LogP) is 7.00. The van der Waals surface area contributed by atoms with Gasteiger partial charge in [-0.3, -0.25) is 19.2 Å². The molecular weight excluding hydrogens is 893 g/mol. The van der Waals surface area contributed by atoms with E-state index < -0.39 is 46.6 Å². The average Bonchev–Trinajstić information content (AvgIpc) is 3.59. The minimum atomic E-state index is -0.673. The Hall–Kier alpha value is -3.48. The van der Waals surface area contributed by atoms with Crippen molar-refractivity contribution in [3.63, 3.8) is 0 Å². The highest BCUT2D eigenvalue weighted by Crippen LogP contribution is 2.70. The number of aliphatic hydroxyl groups is 2. The van der Waals surface area contributed by atoms with Gasteiger partial charge in [-0.2, -0.15) is 9.97 Å². The smallest absolute Gasteiger partial charge is 0.316 e. The van der Waals surface area contributed by atoms with Crippen molar-refractivity contribution in [3.8, 4) is 0 Å². The normalized spacial score (nSPS) is 43.6. The molecule has 2 aromatic heterocycles. The minimum absolute atomic E-state index is 0.0335. The third-order valence-electron chi connectivity index (χ3n) is 19.8. The Morgan fingerprint density at radius 2 is 1.15 bits per heavy atom. The summed E-state index contributed by atoms with van der Waals surface area (Å²) >= 11 is 2.34. The van der Waals surface area contributed by atoms with Gasteiger partial charge in [0, 0.05) is 46.3 Å². The van der Waals surface area contributed by atoms with Crippen LogP contribution in [0.1, 0.15) is 132 Å². The lowest BCUT2D eigenvalue weighted by Gasteiger charge is -2.62. The third-order valence-corrected chi connectivity index (χ3v) is 21.4. The van der Waals surface area contributed by atoms with Gasteiger partial charge in [-0.15, -0.1) is 16.8 Å². The lowest BCUT2D eigenvalue weighted by atomic mass is 9.43. The highest BCUT2D eigenvalue weighted by molar-refractivity contribution is 8.00. The van der Waals surface area contributed by atoms with Crippen LogP contribution in [-0.4, -0.2) is 100 Å². The maximum Gasteiger partial charge on any atom is 0.316 e. The minimum Gasteiger partial charge on any atom is -0.461 e. The first-order valence-corrected chi connectivity index (χ1v) is 26.5. The van der Waals surface area contributed by atoms with Gasteiger partial charge in [0.25, 0.3) is 0 Å². The second-order valence-corrected chi connectivity index (χ2v) is 24.7. The van der Waals surface area contributed by atoms with Gasteiger partial charge < -0.3 is 31.2 Å². The summed E-state index contributed by atoms with van der Waals surface area (Å²) in [5, 5.41) is 37.2. The second-order valence-electron chi connectivity index (χ2n) is 22.8. The molecule has 9 rings (SSSR count). The van der Waals surface area contributed by atoms with Gasteiger partial charge in [0.1, 0.15) is 23.8 Å². The van der Waals surface area contributed by atoms with Crippen molar-refractivity contribution in [1.29, 1.82) is 0 Å². The Kier molecular flexibility index (Phi) is 13.4. The highest BCUT2D eigenvalue weighted by atomic mass is 32.2. The van der Waals surface area contributed by atoms with Crippen LogP contribution >= 0.6 is 23.5 Å². The number of esters is 2. The number of aromatic nitrogens is 6. The van der Waals surface area contributed by atoms with E-state index in [1.165, 1.54) is 11.8 Å². The van der Waals surface area contributed by atoms with Crippen molar-refractivity contribution < 1.29 is 38.9 Å². The molecule has 0 amide bonds. The van der Waals surface area contributed by atoms with Crippen LogP contribution in [0.5, 0.6) is 0 Å². The van der Waals surface area contributed by atoms with Gasteiger partial charge in [0.05, 0.1) is 23.7 Å². The molecule has 7 aliphatic rings. The largest absolute Gasteiger partial charge is 0.461 e. The fourth-order valence-electron chi connectivity index (χ4n) is 15.2. The number of hydrogen-bond acceptors (Lipinski definition) is 16. The van der Waals surface area contributed by atoms with Gasteiger partial charge in [-0.1, -0.05) is 85.0 Å². The number of aromatic amines is 2. The van der Waals surface area contributed by atoms with E-state index in [-0.39, 0.29) is 92.7 Å². The summed E-state index contributed by atoms with van der Waals surface area (Å²) in [7, 11) is 0. The van der Waals surface area contributed by atoms with Crippen molar-refractivity contribution in [3.05, 3.63) is 12.7 Å². The van der Waals surface area contributed by atoms with E-state index >= 15 is 0 Å². The number of nitrogens with zero attached hydrogens (tertiary/aromatic N) is 4. The summed E-state index contributed by atoms with van der Waals surface area (Å²) in [5.74, 6) is 0.768. The lowest BCUT2D eigenvalue weighted by Crippen LogP contribution is -2.63. The standard InChI is InChI=1S/C25H38N4O4S.C24H36N4O4S/c1-13-7-9-25-10-8-16(30)19(25)24(13,4)17(11-23(3,15-5-6-15)20(32)14(25)2)33-18(31)12-34-22-27-21(26)28-29-22;1-6-22(4)11-16(32-17(30)12-33-21-26-20(25)27-28-21)23(5)13(2)7-9-24(14(3)19(22)31)10-8-15(29)18(23)24/h13-15,17,19-20,32H,5-12H2,1-4H3,(H3,26,27,28,29);6,13-14,16,18-19,31H,1,7-12H2,2-5H3,(H3,25,26,27,28)/t13-,14+,17-,19?,20+,23+,24+,25?;13-,14+,16-,18?,19+,22+,23+,24?/m11/s1. The highest BCUT2D eigenvalue weighted by Gasteiger charge is 2.71. The van der Waals surface area contributed by atoms with E-state index in [2.05, 4.69) is 85.4 Å². The van der Waals surface area contributed by atoms with Gasteiger partial charge in [0.15, 0.2) is 0 Å². The molecule has 16 atom stereocenters. The van der Waals surface area contributed by atoms with Crippen LogP contribution in [0, 0.1) is 73.9 Å². The van der Waals surface area contributed by atoms with E-state index in [9.17, 15) is 29.4 Å². The fourth-order valence-corrected chi connectivity index (χ4v) is 16.4. The number of nitrogen functional groups attached to an aromatic ring is 2. The number of nitrogens with one attached hydrogen (secondary N) is 2. The van der Waals surface area contributed by atoms with Gasteiger partial charge in [0.2, 0.25) is 22.2 Å². The number of hydrogen-bond donors (Lipinski definition) is 6. The number of thioether (sulfide) groups is 2. The summed E-state index contributed by atoms with van der Waals surface area (Å²) in [4.78, 5) is 61.1. The van der Waals surface area contributed by atoms with Crippen LogP contribution < -0.4 is 11.5 Å². The molecule has 18 heteroatoms. The molecule has 0 spiro atoms. The molecule has 4 unspecified atom stereocenters. The predicted molar refractivity (Wildman–Crippen MR) is 255 cm³/mol. The lowest BCUT2D eigenvalue weighted by molar-refractivity contribution is -0.213. The van der Waals surface area contributed by atoms with Crippen LogP contribution in [0.15, 0.2) is 23.0 Å². The Morgan fingerprint density at radius 3 is 1.55 bits per heavy atom. The van der Waals surface area contributed by atoms with Crippen LogP contribution in [0.2, 0.25) is 0 Å². The molecule has 67 heavy (non-hydrogen) atoms. The van der Waals surface area contributed by atoms with Gasteiger partial charge in [-0.05, 0) is 105 Å². The van der Waals surface area contributed by atoms with Crippen molar-refractivity contribution in [2.45, 2.75) is 167 Å². The number of carbonyl (C=O) groups excluding carboxylic acids is 4. The number of aliphatic hydroxyl groups excluding tert-OH is 2. The molecule has 4 bridgehead atoms. The van der Waals surface area contributed by atoms with Crippen molar-refractivity contribution in [2.24, 2.45) is 73.9 Å². The molecule has 16 nitrogen and oxygen atoms in total. The molecule has 0 saturated heterocycles. The van der Waals surface area contributed by atoms with Crippen LogP contribution in [0.4, 0.5) is 11.9 Å². The van der Waals surface area contributed by atoms with Gasteiger partial charge >= 0.3 is 11.9 Å². The summed E-state index contributed by atoms with van der Waals surface area (Å²) in [6.07, 6.45) is 9.40. The first-order valence-electron chi connectivity index (χ1n) is 24.6. The van der Waals surface area contributed by atoms with E-state index in [1.807, 2.05) is 6.92 Å². The number of Topliss-reactive ketones (excluding diaryl/α,β-unsaturated/α-hetero) is 2. The summed E-state index contributed by atoms with van der Waals surface area (Å²) in [6, 6.07) is 0. The third kappa shape index (κ3) is 8.26. The Morgan fingerprint density at radius 1 is 0.716 bits per heavy atom. The van der Waals surface area contributed by atoms with Crippen LogP contribution in [0.3, 0.4) is 0 Å². The quantitative estimate of drug-likeness (QED) is 0.0796.